The number of aliphatic hydroxyl groups excluding tert-OH is 3. The SMILES string of the molecule is CCC(O)C(N)(CCCO)CCCO. The first-order valence-corrected chi connectivity index (χ1v) is 5.29. The van der Waals surface area contributed by atoms with E-state index in [-0.39, 0.29) is 13.2 Å². The van der Waals surface area contributed by atoms with E-state index in [1.807, 2.05) is 6.92 Å². The molecule has 0 spiro atoms. The van der Waals surface area contributed by atoms with E-state index in [0.29, 0.717) is 32.1 Å². The third-order valence-corrected chi connectivity index (χ3v) is 2.65. The molecule has 4 nitrogen and oxygen atoms in total. The molecule has 0 rings (SSSR count). The summed E-state index contributed by atoms with van der Waals surface area (Å²) in [6.07, 6.45) is 2.43. The van der Waals surface area contributed by atoms with Crippen molar-refractivity contribution in [2.24, 2.45) is 5.73 Å². The predicted octanol–water partition coefficient (Wildman–Crippen LogP) is -0.000200. The zero-order valence-corrected chi connectivity index (χ0v) is 8.95. The minimum atomic E-state index is -0.653. The van der Waals surface area contributed by atoms with Crippen molar-refractivity contribution in [1.82, 2.24) is 0 Å². The first-order chi connectivity index (χ1) is 6.60. The second-order valence-corrected chi connectivity index (χ2v) is 3.81. The quantitative estimate of drug-likeness (QED) is 0.449. The molecule has 1 atom stereocenters. The van der Waals surface area contributed by atoms with Crippen molar-refractivity contribution >= 4 is 0 Å². The van der Waals surface area contributed by atoms with Crippen LogP contribution in [0, 0.1) is 0 Å². The van der Waals surface area contributed by atoms with Crippen molar-refractivity contribution in [2.75, 3.05) is 13.2 Å². The van der Waals surface area contributed by atoms with Gasteiger partial charge in [0.15, 0.2) is 0 Å². The summed E-state index contributed by atoms with van der Waals surface area (Å²) in [5.41, 5.74) is 5.40. The summed E-state index contributed by atoms with van der Waals surface area (Å²) in [7, 11) is 0. The lowest BCUT2D eigenvalue weighted by molar-refractivity contribution is 0.0599. The summed E-state index contributed by atoms with van der Waals surface area (Å²) in [4.78, 5) is 0. The fourth-order valence-corrected chi connectivity index (χ4v) is 1.68. The largest absolute Gasteiger partial charge is 0.396 e. The van der Waals surface area contributed by atoms with E-state index < -0.39 is 11.6 Å². The van der Waals surface area contributed by atoms with Crippen LogP contribution in [0.4, 0.5) is 0 Å². The Balaban J connectivity index is 4.16. The van der Waals surface area contributed by atoms with Crippen molar-refractivity contribution in [2.45, 2.75) is 50.7 Å². The average molecular weight is 205 g/mol. The Kier molecular flexibility index (Phi) is 7.09. The first kappa shape index (κ1) is 13.8. The predicted molar refractivity (Wildman–Crippen MR) is 55.9 cm³/mol. The van der Waals surface area contributed by atoms with Crippen LogP contribution in [0.25, 0.3) is 0 Å². The molecular formula is C10H23NO3. The number of hydrogen-bond donors (Lipinski definition) is 4. The summed E-state index contributed by atoms with van der Waals surface area (Å²) in [5.74, 6) is 0. The van der Waals surface area contributed by atoms with Gasteiger partial charge < -0.3 is 21.1 Å². The van der Waals surface area contributed by atoms with Crippen molar-refractivity contribution in [1.29, 1.82) is 0 Å². The van der Waals surface area contributed by atoms with Gasteiger partial charge in [0.25, 0.3) is 0 Å². The molecule has 86 valence electrons. The molecule has 0 fully saturated rings. The Morgan fingerprint density at radius 1 is 1.14 bits per heavy atom. The molecule has 0 aliphatic heterocycles. The number of nitrogens with two attached hydrogens (primary N) is 1. The fraction of sp³-hybridized carbons (Fsp3) is 1.00. The molecule has 0 saturated heterocycles. The molecule has 5 N–H and O–H groups in total. The maximum absolute atomic E-state index is 9.74. The minimum Gasteiger partial charge on any atom is -0.396 e. The highest BCUT2D eigenvalue weighted by Gasteiger charge is 2.31. The van der Waals surface area contributed by atoms with Crippen LogP contribution in [0.15, 0.2) is 0 Å². The van der Waals surface area contributed by atoms with Gasteiger partial charge in [-0.15, -0.1) is 0 Å². The van der Waals surface area contributed by atoms with Crippen LogP contribution in [0.2, 0.25) is 0 Å². The normalized spacial score (nSPS) is 14.4. The number of aliphatic hydroxyl groups is 3. The fourth-order valence-electron chi connectivity index (χ4n) is 1.68. The summed E-state index contributed by atoms with van der Waals surface area (Å²) in [6.45, 7) is 2.06. The Hall–Kier alpha value is -0.160. The molecule has 0 aliphatic rings. The molecule has 0 aromatic heterocycles. The molecule has 14 heavy (non-hydrogen) atoms. The van der Waals surface area contributed by atoms with Gasteiger partial charge in [0, 0.05) is 18.8 Å². The first-order valence-electron chi connectivity index (χ1n) is 5.29. The zero-order chi connectivity index (χ0) is 11.0. The second kappa shape index (κ2) is 7.17. The highest BCUT2D eigenvalue weighted by molar-refractivity contribution is 4.90. The van der Waals surface area contributed by atoms with E-state index in [4.69, 9.17) is 15.9 Å². The van der Waals surface area contributed by atoms with Crippen LogP contribution in [0.5, 0.6) is 0 Å². The molecule has 0 amide bonds. The van der Waals surface area contributed by atoms with Crippen molar-refractivity contribution < 1.29 is 15.3 Å². The van der Waals surface area contributed by atoms with Crippen LogP contribution in [0.3, 0.4) is 0 Å². The molecule has 0 heterocycles. The third-order valence-electron chi connectivity index (χ3n) is 2.65. The highest BCUT2D eigenvalue weighted by atomic mass is 16.3. The van der Waals surface area contributed by atoms with E-state index in [0.717, 1.165) is 0 Å². The van der Waals surface area contributed by atoms with E-state index in [2.05, 4.69) is 0 Å². The summed E-state index contributed by atoms with van der Waals surface area (Å²) < 4.78 is 0. The lowest BCUT2D eigenvalue weighted by atomic mass is 9.83. The summed E-state index contributed by atoms with van der Waals surface area (Å²) >= 11 is 0. The molecule has 0 aromatic rings. The summed E-state index contributed by atoms with van der Waals surface area (Å²) in [5, 5.41) is 27.2. The van der Waals surface area contributed by atoms with Gasteiger partial charge in [-0.05, 0) is 32.1 Å². The Labute approximate surface area is 85.7 Å². The van der Waals surface area contributed by atoms with Gasteiger partial charge in [0.05, 0.1) is 6.10 Å². The van der Waals surface area contributed by atoms with Crippen LogP contribution < -0.4 is 5.73 Å². The average Bonchev–Trinajstić information content (AvgIpc) is 2.22. The molecule has 0 aromatic carbocycles. The van der Waals surface area contributed by atoms with E-state index in [9.17, 15) is 5.11 Å². The van der Waals surface area contributed by atoms with Gasteiger partial charge in [-0.2, -0.15) is 0 Å². The molecule has 0 bridgehead atoms. The van der Waals surface area contributed by atoms with Gasteiger partial charge in [-0.3, -0.25) is 0 Å². The molecular weight excluding hydrogens is 182 g/mol. The van der Waals surface area contributed by atoms with Crippen molar-refractivity contribution in [3.8, 4) is 0 Å². The van der Waals surface area contributed by atoms with Crippen LogP contribution in [-0.4, -0.2) is 40.2 Å². The maximum atomic E-state index is 9.74. The number of hydrogen-bond acceptors (Lipinski definition) is 4. The van der Waals surface area contributed by atoms with Crippen LogP contribution >= 0.6 is 0 Å². The second-order valence-electron chi connectivity index (χ2n) is 3.81. The van der Waals surface area contributed by atoms with Gasteiger partial charge in [0.1, 0.15) is 0 Å². The van der Waals surface area contributed by atoms with Crippen molar-refractivity contribution in [3.05, 3.63) is 0 Å². The standard InChI is InChI=1S/C10H23NO3/c1-2-9(14)10(11,5-3-7-12)6-4-8-13/h9,12-14H,2-8,11H2,1H3. The Morgan fingerprint density at radius 2 is 1.57 bits per heavy atom. The van der Waals surface area contributed by atoms with Crippen LogP contribution in [-0.2, 0) is 0 Å². The summed E-state index contributed by atoms with van der Waals surface area (Å²) in [6, 6.07) is 0. The van der Waals surface area contributed by atoms with E-state index in [1.54, 1.807) is 0 Å². The van der Waals surface area contributed by atoms with Gasteiger partial charge in [-0.25, -0.2) is 0 Å². The molecule has 0 aliphatic carbocycles. The van der Waals surface area contributed by atoms with Gasteiger partial charge in [0.2, 0.25) is 0 Å². The van der Waals surface area contributed by atoms with Gasteiger partial charge >= 0.3 is 0 Å². The topological polar surface area (TPSA) is 86.7 Å². The third kappa shape index (κ3) is 4.37. The molecule has 0 saturated carbocycles. The lowest BCUT2D eigenvalue weighted by Crippen LogP contribution is -2.50. The van der Waals surface area contributed by atoms with E-state index >= 15 is 0 Å². The van der Waals surface area contributed by atoms with E-state index in [1.165, 1.54) is 0 Å². The zero-order valence-electron chi connectivity index (χ0n) is 8.95. The monoisotopic (exact) mass is 205 g/mol. The molecule has 4 heteroatoms. The molecule has 0 radical (unpaired) electrons. The van der Waals surface area contributed by atoms with Gasteiger partial charge in [-0.1, -0.05) is 6.92 Å². The number of rotatable bonds is 8. The van der Waals surface area contributed by atoms with Crippen molar-refractivity contribution in [3.63, 3.8) is 0 Å². The minimum absolute atomic E-state index is 0.0918. The smallest absolute Gasteiger partial charge is 0.0717 e. The Morgan fingerprint density at radius 3 is 1.86 bits per heavy atom. The lowest BCUT2D eigenvalue weighted by Gasteiger charge is -2.34. The maximum Gasteiger partial charge on any atom is 0.0717 e. The highest BCUT2D eigenvalue weighted by Crippen LogP contribution is 2.22. The molecule has 1 unspecified atom stereocenters. The Bertz CT molecular complexity index is 133. The van der Waals surface area contributed by atoms with Crippen LogP contribution in [0.1, 0.15) is 39.0 Å².